The minimum absolute atomic E-state index is 0.0867. The Morgan fingerprint density at radius 3 is 2.44 bits per heavy atom. The number of benzene rings is 1. The lowest BCUT2D eigenvalue weighted by Crippen LogP contribution is -2.01. The van der Waals surface area contributed by atoms with Crippen LogP contribution in [-0.2, 0) is 13.0 Å². The molecule has 18 heavy (non-hydrogen) atoms. The van der Waals surface area contributed by atoms with E-state index in [4.69, 9.17) is 0 Å². The molecule has 2 rings (SSSR count). The van der Waals surface area contributed by atoms with E-state index in [0.717, 1.165) is 28.9 Å². The van der Waals surface area contributed by atoms with Gasteiger partial charge < -0.3 is 5.11 Å². The van der Waals surface area contributed by atoms with Crippen molar-refractivity contribution < 1.29 is 5.11 Å². The van der Waals surface area contributed by atoms with Gasteiger partial charge in [0, 0.05) is 5.69 Å². The predicted molar refractivity (Wildman–Crippen MR) is 73.1 cm³/mol. The number of aryl methyl sites for hydroxylation is 2. The van der Waals surface area contributed by atoms with Crippen molar-refractivity contribution in [2.75, 3.05) is 0 Å². The first-order valence-electron chi connectivity index (χ1n) is 6.34. The van der Waals surface area contributed by atoms with Crippen LogP contribution >= 0.6 is 0 Å². The molecule has 3 heteroatoms. The molecule has 0 saturated heterocycles. The molecule has 1 heterocycles. The quantitative estimate of drug-likeness (QED) is 0.901. The normalized spacial score (nSPS) is 10.9. The molecule has 0 aliphatic rings. The molecule has 0 unspecified atom stereocenters. The number of nitrogens with zero attached hydrogens (tertiary/aromatic N) is 2. The van der Waals surface area contributed by atoms with E-state index in [-0.39, 0.29) is 6.61 Å². The summed E-state index contributed by atoms with van der Waals surface area (Å²) in [7, 11) is 0. The van der Waals surface area contributed by atoms with E-state index in [2.05, 4.69) is 31.9 Å². The molecule has 0 bridgehead atoms. The number of aliphatic hydroxyl groups excluding tert-OH is 1. The van der Waals surface area contributed by atoms with Gasteiger partial charge in [0.2, 0.25) is 0 Å². The van der Waals surface area contributed by atoms with E-state index in [1.165, 1.54) is 11.3 Å². The Labute approximate surface area is 108 Å². The fourth-order valence-electron chi connectivity index (χ4n) is 2.43. The SMILES string of the molecule is CCc1c(C)nn(-c2ccc(CO)c(C)c2)c1C. The van der Waals surface area contributed by atoms with Gasteiger partial charge in [0.25, 0.3) is 0 Å². The maximum absolute atomic E-state index is 9.20. The van der Waals surface area contributed by atoms with Crippen molar-refractivity contribution in [1.82, 2.24) is 9.78 Å². The topological polar surface area (TPSA) is 38.0 Å². The van der Waals surface area contributed by atoms with E-state index in [9.17, 15) is 5.11 Å². The lowest BCUT2D eigenvalue weighted by atomic mass is 10.1. The minimum atomic E-state index is 0.0867. The summed E-state index contributed by atoms with van der Waals surface area (Å²) in [5, 5.41) is 13.8. The molecule has 1 N–H and O–H groups in total. The standard InChI is InChI=1S/C15H20N2O/c1-5-15-11(3)16-17(12(15)4)14-7-6-13(9-18)10(2)8-14/h6-8,18H,5,9H2,1-4H3. The second-order valence-corrected chi connectivity index (χ2v) is 4.68. The Bertz CT molecular complexity index is 570. The summed E-state index contributed by atoms with van der Waals surface area (Å²) in [6.07, 6.45) is 1.01. The van der Waals surface area contributed by atoms with Crippen LogP contribution in [0.4, 0.5) is 0 Å². The van der Waals surface area contributed by atoms with Crippen molar-refractivity contribution in [3.05, 3.63) is 46.3 Å². The number of hydrogen-bond donors (Lipinski definition) is 1. The Balaban J connectivity index is 2.52. The molecule has 3 nitrogen and oxygen atoms in total. The zero-order chi connectivity index (χ0) is 13.3. The summed E-state index contributed by atoms with van der Waals surface area (Å²) in [4.78, 5) is 0. The number of rotatable bonds is 3. The predicted octanol–water partition coefficient (Wildman–Crippen LogP) is 2.85. The molecular formula is C15H20N2O. The van der Waals surface area contributed by atoms with Gasteiger partial charge >= 0.3 is 0 Å². The highest BCUT2D eigenvalue weighted by atomic mass is 16.3. The average Bonchev–Trinajstić information content (AvgIpc) is 2.64. The highest BCUT2D eigenvalue weighted by Crippen LogP contribution is 2.20. The van der Waals surface area contributed by atoms with Gasteiger partial charge in [-0.2, -0.15) is 5.10 Å². The van der Waals surface area contributed by atoms with Gasteiger partial charge in [-0.05, 0) is 56.0 Å². The lowest BCUT2D eigenvalue weighted by molar-refractivity contribution is 0.281. The van der Waals surface area contributed by atoms with Crippen molar-refractivity contribution in [3.8, 4) is 5.69 Å². The van der Waals surface area contributed by atoms with Gasteiger partial charge in [-0.25, -0.2) is 4.68 Å². The molecule has 2 aromatic rings. The molecule has 0 amide bonds. The second-order valence-electron chi connectivity index (χ2n) is 4.68. The molecule has 0 radical (unpaired) electrons. The monoisotopic (exact) mass is 244 g/mol. The summed E-state index contributed by atoms with van der Waals surface area (Å²) in [6.45, 7) is 8.41. The van der Waals surface area contributed by atoms with Crippen LogP contribution in [0.2, 0.25) is 0 Å². The van der Waals surface area contributed by atoms with Crippen LogP contribution in [0.15, 0.2) is 18.2 Å². The smallest absolute Gasteiger partial charge is 0.0684 e. The van der Waals surface area contributed by atoms with E-state index in [0.29, 0.717) is 0 Å². The van der Waals surface area contributed by atoms with Crippen molar-refractivity contribution in [1.29, 1.82) is 0 Å². The molecular weight excluding hydrogens is 224 g/mol. The number of hydrogen-bond acceptors (Lipinski definition) is 2. The molecule has 96 valence electrons. The van der Waals surface area contributed by atoms with Crippen LogP contribution in [0.25, 0.3) is 5.69 Å². The third kappa shape index (κ3) is 2.06. The van der Waals surface area contributed by atoms with Crippen LogP contribution < -0.4 is 0 Å². The van der Waals surface area contributed by atoms with Gasteiger partial charge in [-0.1, -0.05) is 13.0 Å². The van der Waals surface area contributed by atoms with Crippen LogP contribution in [0.5, 0.6) is 0 Å². The summed E-state index contributed by atoms with van der Waals surface area (Å²) in [6, 6.07) is 6.05. The van der Waals surface area contributed by atoms with Gasteiger partial charge in [0.1, 0.15) is 0 Å². The molecule has 0 fully saturated rings. The third-order valence-corrected chi connectivity index (χ3v) is 3.54. The van der Waals surface area contributed by atoms with Crippen molar-refractivity contribution >= 4 is 0 Å². The highest BCUT2D eigenvalue weighted by molar-refractivity contribution is 5.42. The first kappa shape index (κ1) is 12.8. The summed E-state index contributed by atoms with van der Waals surface area (Å²) in [5.74, 6) is 0. The average molecular weight is 244 g/mol. The Kier molecular flexibility index (Phi) is 3.53. The van der Waals surface area contributed by atoms with Gasteiger partial charge in [-0.15, -0.1) is 0 Å². The Morgan fingerprint density at radius 1 is 1.22 bits per heavy atom. The van der Waals surface area contributed by atoms with Crippen molar-refractivity contribution in [2.24, 2.45) is 0 Å². The first-order chi connectivity index (χ1) is 8.58. The zero-order valence-corrected chi connectivity index (χ0v) is 11.5. The van der Waals surface area contributed by atoms with Crippen LogP contribution in [-0.4, -0.2) is 14.9 Å². The maximum atomic E-state index is 9.20. The fraction of sp³-hybridized carbons (Fsp3) is 0.400. The van der Waals surface area contributed by atoms with E-state index in [1.54, 1.807) is 0 Å². The summed E-state index contributed by atoms with van der Waals surface area (Å²) in [5.41, 5.74) is 6.74. The lowest BCUT2D eigenvalue weighted by Gasteiger charge is -2.08. The molecule has 1 aromatic heterocycles. The van der Waals surface area contributed by atoms with Gasteiger partial charge in [0.05, 0.1) is 18.0 Å². The molecule has 0 spiro atoms. The van der Waals surface area contributed by atoms with Gasteiger partial charge in [-0.3, -0.25) is 0 Å². The largest absolute Gasteiger partial charge is 0.392 e. The fourth-order valence-corrected chi connectivity index (χ4v) is 2.43. The van der Waals surface area contributed by atoms with E-state index in [1.807, 2.05) is 23.7 Å². The Morgan fingerprint density at radius 2 is 1.94 bits per heavy atom. The van der Waals surface area contributed by atoms with Crippen LogP contribution in [0.3, 0.4) is 0 Å². The molecule has 0 saturated carbocycles. The number of aromatic nitrogens is 2. The first-order valence-corrected chi connectivity index (χ1v) is 6.34. The van der Waals surface area contributed by atoms with Crippen LogP contribution in [0, 0.1) is 20.8 Å². The molecule has 1 aromatic carbocycles. The van der Waals surface area contributed by atoms with E-state index < -0.39 is 0 Å². The van der Waals surface area contributed by atoms with E-state index >= 15 is 0 Å². The summed E-state index contributed by atoms with van der Waals surface area (Å²) < 4.78 is 1.99. The van der Waals surface area contributed by atoms with Crippen molar-refractivity contribution in [2.45, 2.75) is 40.7 Å². The molecule has 0 atom stereocenters. The zero-order valence-electron chi connectivity index (χ0n) is 11.5. The van der Waals surface area contributed by atoms with Crippen molar-refractivity contribution in [3.63, 3.8) is 0 Å². The minimum Gasteiger partial charge on any atom is -0.392 e. The number of aliphatic hydroxyl groups is 1. The summed E-state index contributed by atoms with van der Waals surface area (Å²) >= 11 is 0. The molecule has 0 aliphatic carbocycles. The Hall–Kier alpha value is -1.61. The van der Waals surface area contributed by atoms with Crippen LogP contribution in [0.1, 0.15) is 35.0 Å². The third-order valence-electron chi connectivity index (χ3n) is 3.54. The molecule has 0 aliphatic heterocycles. The maximum Gasteiger partial charge on any atom is 0.0684 e. The highest BCUT2D eigenvalue weighted by Gasteiger charge is 2.11. The van der Waals surface area contributed by atoms with Gasteiger partial charge in [0.15, 0.2) is 0 Å². The second kappa shape index (κ2) is 4.94.